The minimum absolute atomic E-state index is 1.10. The van der Waals surface area contributed by atoms with Crippen molar-refractivity contribution in [3.05, 3.63) is 83.9 Å². The zero-order valence-electron chi connectivity index (χ0n) is 27.7. The van der Waals surface area contributed by atoms with Crippen LogP contribution in [0.2, 0.25) is 0 Å². The normalized spacial score (nSPS) is 12.0. The van der Waals surface area contributed by atoms with E-state index in [2.05, 4.69) is 110 Å². The van der Waals surface area contributed by atoms with E-state index < -0.39 is 0 Å². The second-order valence-electron chi connectivity index (χ2n) is 13.3. The number of hydrogen-bond acceptors (Lipinski definition) is 0. The third-order valence-electron chi connectivity index (χ3n) is 9.84. The molecule has 6 rings (SSSR count). The maximum absolute atomic E-state index is 2.58. The first-order valence-corrected chi connectivity index (χ1v) is 17.6. The maximum atomic E-state index is 2.58. The average Bonchev–Trinajstić information content (AvgIpc) is 3.51. The smallest absolute Gasteiger partial charge is 0.0491 e. The van der Waals surface area contributed by atoms with Crippen molar-refractivity contribution >= 4 is 43.6 Å². The molecule has 0 spiro atoms. The van der Waals surface area contributed by atoms with Crippen LogP contribution in [0, 0.1) is 13.8 Å². The van der Waals surface area contributed by atoms with E-state index in [0.29, 0.717) is 0 Å². The van der Waals surface area contributed by atoms with Crippen molar-refractivity contribution in [2.75, 3.05) is 0 Å². The Kier molecular flexibility index (Phi) is 9.75. The predicted molar refractivity (Wildman–Crippen MR) is 194 cm³/mol. The number of aryl methyl sites for hydroxylation is 4. The lowest BCUT2D eigenvalue weighted by atomic mass is 10.00. The van der Waals surface area contributed by atoms with Gasteiger partial charge in [0.05, 0.1) is 0 Å². The van der Waals surface area contributed by atoms with Crippen molar-refractivity contribution < 1.29 is 0 Å². The number of rotatable bonds is 15. The van der Waals surface area contributed by atoms with E-state index in [4.69, 9.17) is 0 Å². The minimum atomic E-state index is 1.10. The van der Waals surface area contributed by atoms with Gasteiger partial charge in [0, 0.05) is 56.7 Å². The van der Waals surface area contributed by atoms with Gasteiger partial charge in [-0.3, -0.25) is 0 Å². The summed E-state index contributed by atoms with van der Waals surface area (Å²) < 4.78 is 5.16. The van der Waals surface area contributed by atoms with Gasteiger partial charge in [-0.2, -0.15) is 0 Å². The molecule has 0 aliphatic carbocycles. The summed E-state index contributed by atoms with van der Waals surface area (Å²) in [6.07, 6.45) is 15.9. The molecule has 2 heterocycles. The summed E-state index contributed by atoms with van der Waals surface area (Å²) in [5, 5.41) is 5.54. The highest BCUT2D eigenvalue weighted by Gasteiger charge is 2.15. The Hall–Kier alpha value is -3.52. The fraction of sp³-hybridized carbons (Fsp3) is 0.429. The van der Waals surface area contributed by atoms with Crippen LogP contribution in [0.3, 0.4) is 0 Å². The lowest BCUT2D eigenvalue weighted by Crippen LogP contribution is -1.98. The quantitative estimate of drug-likeness (QED) is 0.106. The van der Waals surface area contributed by atoms with Gasteiger partial charge < -0.3 is 9.13 Å². The summed E-state index contributed by atoms with van der Waals surface area (Å²) in [7, 11) is 0. The summed E-state index contributed by atoms with van der Waals surface area (Å²) >= 11 is 0. The van der Waals surface area contributed by atoms with Gasteiger partial charge in [-0.05, 0) is 86.3 Å². The summed E-state index contributed by atoms with van der Waals surface area (Å²) in [6, 6.07) is 28.4. The van der Waals surface area contributed by atoms with E-state index in [0.717, 1.165) is 13.1 Å². The minimum Gasteiger partial charge on any atom is -0.340 e. The molecule has 0 aliphatic rings. The molecule has 0 N–H and O–H groups in total. The Labute approximate surface area is 265 Å². The fourth-order valence-corrected chi connectivity index (χ4v) is 7.38. The summed E-state index contributed by atoms with van der Waals surface area (Å²) in [4.78, 5) is 0. The van der Waals surface area contributed by atoms with Crippen LogP contribution in [0.15, 0.2) is 72.8 Å². The van der Waals surface area contributed by atoms with E-state index >= 15 is 0 Å². The number of benzene rings is 4. The Bertz CT molecular complexity index is 1730. The predicted octanol–water partition coefficient (Wildman–Crippen LogP) is 12.9. The largest absolute Gasteiger partial charge is 0.340 e. The van der Waals surface area contributed by atoms with Crippen LogP contribution in [0.4, 0.5) is 0 Å². The van der Waals surface area contributed by atoms with Crippen molar-refractivity contribution in [2.24, 2.45) is 0 Å². The molecule has 6 aromatic rings. The molecule has 0 amide bonds. The molecule has 0 aliphatic heterocycles. The molecule has 0 saturated heterocycles. The number of aromatic nitrogens is 2. The van der Waals surface area contributed by atoms with Crippen molar-refractivity contribution in [3.63, 3.8) is 0 Å². The van der Waals surface area contributed by atoms with Gasteiger partial charge in [-0.25, -0.2) is 0 Å². The highest BCUT2D eigenvalue weighted by Crippen LogP contribution is 2.37. The van der Waals surface area contributed by atoms with Gasteiger partial charge >= 0.3 is 0 Å². The molecular weight excluding hydrogens is 532 g/mol. The summed E-state index contributed by atoms with van der Waals surface area (Å²) in [6.45, 7) is 11.2. The Morgan fingerprint density at radius 3 is 1.14 bits per heavy atom. The van der Waals surface area contributed by atoms with E-state index in [1.807, 2.05) is 0 Å². The topological polar surface area (TPSA) is 9.86 Å². The second kappa shape index (κ2) is 14.1. The van der Waals surface area contributed by atoms with E-state index in [-0.39, 0.29) is 0 Å². The average molecular weight is 585 g/mol. The lowest BCUT2D eigenvalue weighted by Gasteiger charge is -2.09. The molecule has 0 unspecified atom stereocenters. The molecule has 44 heavy (non-hydrogen) atoms. The highest BCUT2D eigenvalue weighted by molar-refractivity contribution is 6.11. The molecule has 2 aromatic heterocycles. The molecule has 0 atom stereocenters. The van der Waals surface area contributed by atoms with Crippen LogP contribution in [0.1, 0.15) is 102 Å². The van der Waals surface area contributed by atoms with Crippen LogP contribution in [-0.4, -0.2) is 9.13 Å². The van der Waals surface area contributed by atoms with Gasteiger partial charge in [-0.15, -0.1) is 0 Å². The molecule has 0 radical (unpaired) electrons. The van der Waals surface area contributed by atoms with Gasteiger partial charge in [0.15, 0.2) is 0 Å². The third kappa shape index (κ3) is 6.32. The van der Waals surface area contributed by atoms with Gasteiger partial charge in [0.1, 0.15) is 0 Å². The third-order valence-corrected chi connectivity index (χ3v) is 9.84. The first kappa shape index (κ1) is 30.5. The Morgan fingerprint density at radius 1 is 0.386 bits per heavy atom. The molecule has 4 aromatic carbocycles. The molecule has 0 bridgehead atoms. The summed E-state index contributed by atoms with van der Waals surface area (Å²) in [5.74, 6) is 0. The van der Waals surface area contributed by atoms with Crippen molar-refractivity contribution in [1.82, 2.24) is 9.13 Å². The van der Waals surface area contributed by atoms with Crippen LogP contribution in [-0.2, 0) is 13.1 Å². The zero-order chi connectivity index (χ0) is 30.5. The Balaban J connectivity index is 1.34. The lowest BCUT2D eigenvalue weighted by molar-refractivity contribution is 0.571. The second-order valence-corrected chi connectivity index (χ2v) is 13.3. The fourth-order valence-electron chi connectivity index (χ4n) is 7.38. The molecule has 2 nitrogen and oxygen atoms in total. The SMILES string of the molecule is CCCCCCCCn1c2ccc(C)cc2c2cc(-c3ccc4c(c3)c3cc(C)ccc3n4CCCCCCCC)ccc21. The van der Waals surface area contributed by atoms with E-state index in [9.17, 15) is 0 Å². The molecule has 0 saturated carbocycles. The number of hydrogen-bond donors (Lipinski definition) is 0. The molecule has 0 fully saturated rings. The molecule has 230 valence electrons. The summed E-state index contributed by atoms with van der Waals surface area (Å²) in [5.41, 5.74) is 10.8. The van der Waals surface area contributed by atoms with Crippen molar-refractivity contribution in [1.29, 1.82) is 0 Å². The van der Waals surface area contributed by atoms with Crippen molar-refractivity contribution in [2.45, 2.75) is 118 Å². The van der Waals surface area contributed by atoms with Crippen molar-refractivity contribution in [3.8, 4) is 11.1 Å². The number of unbranched alkanes of at least 4 members (excludes halogenated alkanes) is 10. The zero-order valence-corrected chi connectivity index (χ0v) is 27.7. The van der Waals surface area contributed by atoms with Crippen LogP contribution >= 0.6 is 0 Å². The molecule has 2 heteroatoms. The first-order chi connectivity index (χ1) is 21.6. The van der Waals surface area contributed by atoms with E-state index in [1.54, 1.807) is 0 Å². The van der Waals surface area contributed by atoms with Crippen LogP contribution in [0.25, 0.3) is 54.7 Å². The Morgan fingerprint density at radius 2 is 0.727 bits per heavy atom. The van der Waals surface area contributed by atoms with Crippen LogP contribution < -0.4 is 0 Å². The van der Waals surface area contributed by atoms with Crippen LogP contribution in [0.5, 0.6) is 0 Å². The standard InChI is InChI=1S/C42H52N2/c1-5-7-9-11-13-15-25-43-39-21-17-31(3)27-35(39)37-29-33(19-23-41(37)43)34-20-24-42-38(30-34)36-28-32(4)18-22-40(36)44(42)26-16-14-12-10-8-6-2/h17-24,27-30H,5-16,25-26H2,1-4H3. The number of fused-ring (bicyclic) bond motifs is 6. The number of nitrogens with zero attached hydrogens (tertiary/aromatic N) is 2. The van der Waals surface area contributed by atoms with Gasteiger partial charge in [0.2, 0.25) is 0 Å². The molecular formula is C42H52N2. The first-order valence-electron chi connectivity index (χ1n) is 17.6. The maximum Gasteiger partial charge on any atom is 0.0491 e. The van der Waals surface area contributed by atoms with E-state index in [1.165, 1.54) is 143 Å². The monoisotopic (exact) mass is 584 g/mol. The van der Waals surface area contributed by atoms with Gasteiger partial charge in [0.25, 0.3) is 0 Å². The van der Waals surface area contributed by atoms with Gasteiger partial charge in [-0.1, -0.05) is 113 Å². The highest BCUT2D eigenvalue weighted by atomic mass is 15.0.